The van der Waals surface area contributed by atoms with Crippen molar-refractivity contribution in [3.05, 3.63) is 11.8 Å². The summed E-state index contributed by atoms with van der Waals surface area (Å²) in [5, 5.41) is 6.91. The fourth-order valence-corrected chi connectivity index (χ4v) is 1.24. The standard InChI is InChI=1S/C11H20N4O/c1-7(2)5-13-11(16)9-6-15(8(3)4)14-10(9)12/h6-8H,5H2,1-4H3,(H2,12,14)(H,13,16). The molecule has 1 heterocycles. The Bertz CT molecular complexity index is 368. The number of hydrogen-bond acceptors (Lipinski definition) is 3. The van der Waals surface area contributed by atoms with E-state index in [2.05, 4.69) is 10.4 Å². The van der Waals surface area contributed by atoms with Crippen LogP contribution in [-0.2, 0) is 0 Å². The monoisotopic (exact) mass is 224 g/mol. The zero-order valence-corrected chi connectivity index (χ0v) is 10.3. The number of hydrogen-bond donors (Lipinski definition) is 2. The second-order valence-corrected chi connectivity index (χ2v) is 4.61. The van der Waals surface area contributed by atoms with Gasteiger partial charge in [-0.15, -0.1) is 0 Å². The van der Waals surface area contributed by atoms with Crippen LogP contribution < -0.4 is 11.1 Å². The van der Waals surface area contributed by atoms with Crippen molar-refractivity contribution in [1.29, 1.82) is 0 Å². The Hall–Kier alpha value is -1.52. The van der Waals surface area contributed by atoms with Gasteiger partial charge in [0.25, 0.3) is 5.91 Å². The zero-order valence-electron chi connectivity index (χ0n) is 10.3. The van der Waals surface area contributed by atoms with E-state index in [0.717, 1.165) is 0 Å². The molecule has 90 valence electrons. The zero-order chi connectivity index (χ0) is 12.3. The van der Waals surface area contributed by atoms with E-state index in [0.29, 0.717) is 18.0 Å². The number of rotatable bonds is 4. The highest BCUT2D eigenvalue weighted by molar-refractivity contribution is 5.98. The predicted octanol–water partition coefficient (Wildman–Crippen LogP) is 1.43. The van der Waals surface area contributed by atoms with Crippen LogP contribution in [0.15, 0.2) is 6.20 Å². The number of amides is 1. The summed E-state index contributed by atoms with van der Waals surface area (Å²) in [6.07, 6.45) is 1.69. The van der Waals surface area contributed by atoms with Gasteiger partial charge in [0.1, 0.15) is 5.56 Å². The summed E-state index contributed by atoms with van der Waals surface area (Å²) in [5.74, 6) is 0.554. The number of nitrogens with zero attached hydrogens (tertiary/aromatic N) is 2. The van der Waals surface area contributed by atoms with Crippen molar-refractivity contribution in [2.45, 2.75) is 33.7 Å². The molecule has 5 heteroatoms. The Balaban J connectivity index is 2.75. The van der Waals surface area contributed by atoms with Crippen molar-refractivity contribution in [2.24, 2.45) is 5.92 Å². The molecule has 1 amide bonds. The predicted molar refractivity (Wildman–Crippen MR) is 64.2 cm³/mol. The molecule has 0 spiro atoms. The minimum Gasteiger partial charge on any atom is -0.382 e. The van der Waals surface area contributed by atoms with Gasteiger partial charge in [0.05, 0.1) is 0 Å². The number of anilines is 1. The lowest BCUT2D eigenvalue weighted by atomic mass is 10.2. The van der Waals surface area contributed by atoms with Crippen LogP contribution in [0.3, 0.4) is 0 Å². The molecule has 0 atom stereocenters. The molecule has 0 unspecified atom stereocenters. The van der Waals surface area contributed by atoms with Crippen molar-refractivity contribution in [2.75, 3.05) is 12.3 Å². The highest BCUT2D eigenvalue weighted by Crippen LogP contribution is 2.12. The number of nitrogens with one attached hydrogen (secondary N) is 1. The molecular formula is C11H20N4O. The summed E-state index contributed by atoms with van der Waals surface area (Å²) in [5.41, 5.74) is 6.15. The van der Waals surface area contributed by atoms with Gasteiger partial charge in [0.2, 0.25) is 0 Å². The molecule has 3 N–H and O–H groups in total. The lowest BCUT2D eigenvalue weighted by molar-refractivity contribution is 0.0950. The first-order chi connectivity index (χ1) is 7.41. The van der Waals surface area contributed by atoms with E-state index < -0.39 is 0 Å². The number of carbonyl (C=O) groups excluding carboxylic acids is 1. The number of aromatic nitrogens is 2. The molecule has 0 aromatic carbocycles. The minimum atomic E-state index is -0.155. The average Bonchev–Trinajstić information content (AvgIpc) is 2.57. The van der Waals surface area contributed by atoms with E-state index in [1.807, 2.05) is 27.7 Å². The normalized spacial score (nSPS) is 11.1. The molecular weight excluding hydrogens is 204 g/mol. The van der Waals surface area contributed by atoms with Crippen LogP contribution in [0.2, 0.25) is 0 Å². The van der Waals surface area contributed by atoms with Crippen molar-refractivity contribution >= 4 is 11.7 Å². The summed E-state index contributed by atoms with van der Waals surface area (Å²) in [6.45, 7) is 8.71. The Kier molecular flexibility index (Phi) is 3.93. The van der Waals surface area contributed by atoms with Crippen LogP contribution >= 0.6 is 0 Å². The molecule has 16 heavy (non-hydrogen) atoms. The Labute approximate surface area is 96.0 Å². The molecule has 0 radical (unpaired) electrons. The maximum Gasteiger partial charge on any atom is 0.256 e. The quantitative estimate of drug-likeness (QED) is 0.812. The first kappa shape index (κ1) is 12.5. The van der Waals surface area contributed by atoms with Crippen molar-refractivity contribution in [1.82, 2.24) is 15.1 Å². The van der Waals surface area contributed by atoms with E-state index in [1.54, 1.807) is 10.9 Å². The third-order valence-electron chi connectivity index (χ3n) is 2.21. The van der Waals surface area contributed by atoms with E-state index in [-0.39, 0.29) is 17.8 Å². The lowest BCUT2D eigenvalue weighted by Crippen LogP contribution is -2.27. The van der Waals surface area contributed by atoms with Crippen molar-refractivity contribution in [3.63, 3.8) is 0 Å². The van der Waals surface area contributed by atoms with Crippen LogP contribution in [0.5, 0.6) is 0 Å². The van der Waals surface area contributed by atoms with E-state index >= 15 is 0 Å². The largest absolute Gasteiger partial charge is 0.382 e. The summed E-state index contributed by atoms with van der Waals surface area (Å²) in [7, 11) is 0. The van der Waals surface area contributed by atoms with Gasteiger partial charge in [-0.3, -0.25) is 9.48 Å². The van der Waals surface area contributed by atoms with Gasteiger partial charge in [0, 0.05) is 18.8 Å². The average molecular weight is 224 g/mol. The highest BCUT2D eigenvalue weighted by atomic mass is 16.1. The molecule has 0 aliphatic rings. The summed E-state index contributed by atoms with van der Waals surface area (Å²) >= 11 is 0. The van der Waals surface area contributed by atoms with Crippen LogP contribution in [0.25, 0.3) is 0 Å². The van der Waals surface area contributed by atoms with Gasteiger partial charge < -0.3 is 11.1 Å². The van der Waals surface area contributed by atoms with Gasteiger partial charge in [-0.1, -0.05) is 13.8 Å². The second-order valence-electron chi connectivity index (χ2n) is 4.61. The van der Waals surface area contributed by atoms with Gasteiger partial charge >= 0.3 is 0 Å². The number of nitrogen functional groups attached to an aromatic ring is 1. The molecule has 1 rings (SSSR count). The summed E-state index contributed by atoms with van der Waals surface area (Å²) in [4.78, 5) is 11.8. The molecule has 1 aromatic rings. The molecule has 5 nitrogen and oxygen atoms in total. The Morgan fingerprint density at radius 3 is 2.56 bits per heavy atom. The van der Waals surface area contributed by atoms with Gasteiger partial charge in [-0.2, -0.15) is 5.10 Å². The summed E-state index contributed by atoms with van der Waals surface area (Å²) < 4.78 is 1.69. The molecule has 0 saturated heterocycles. The fourth-order valence-electron chi connectivity index (χ4n) is 1.24. The molecule has 0 fully saturated rings. The van der Waals surface area contributed by atoms with Crippen LogP contribution in [0.4, 0.5) is 5.82 Å². The van der Waals surface area contributed by atoms with Crippen molar-refractivity contribution in [3.8, 4) is 0 Å². The maximum atomic E-state index is 11.8. The van der Waals surface area contributed by atoms with E-state index in [4.69, 9.17) is 5.73 Å². The highest BCUT2D eigenvalue weighted by Gasteiger charge is 2.15. The topological polar surface area (TPSA) is 72.9 Å². The Morgan fingerprint density at radius 2 is 2.12 bits per heavy atom. The molecule has 1 aromatic heterocycles. The molecule has 0 bridgehead atoms. The lowest BCUT2D eigenvalue weighted by Gasteiger charge is -2.06. The number of carbonyl (C=O) groups is 1. The SMILES string of the molecule is CC(C)CNC(=O)c1cn(C(C)C)nc1N. The maximum absolute atomic E-state index is 11.8. The van der Waals surface area contributed by atoms with Gasteiger partial charge in [-0.05, 0) is 19.8 Å². The first-order valence-corrected chi connectivity index (χ1v) is 5.54. The van der Waals surface area contributed by atoms with Crippen molar-refractivity contribution < 1.29 is 4.79 Å². The fraction of sp³-hybridized carbons (Fsp3) is 0.636. The van der Waals surface area contributed by atoms with Crippen LogP contribution in [-0.4, -0.2) is 22.2 Å². The molecule has 0 aliphatic carbocycles. The van der Waals surface area contributed by atoms with E-state index in [9.17, 15) is 4.79 Å². The third kappa shape index (κ3) is 2.98. The minimum absolute atomic E-state index is 0.155. The van der Waals surface area contributed by atoms with Gasteiger partial charge in [-0.25, -0.2) is 0 Å². The molecule has 0 aliphatic heterocycles. The second kappa shape index (κ2) is 5.01. The number of nitrogens with two attached hydrogens (primary N) is 1. The van der Waals surface area contributed by atoms with E-state index in [1.165, 1.54) is 0 Å². The summed E-state index contributed by atoms with van der Waals surface area (Å²) in [6, 6.07) is 0.203. The van der Waals surface area contributed by atoms with Crippen LogP contribution in [0, 0.1) is 5.92 Å². The first-order valence-electron chi connectivity index (χ1n) is 5.54. The Morgan fingerprint density at radius 1 is 1.50 bits per heavy atom. The van der Waals surface area contributed by atoms with Crippen LogP contribution in [0.1, 0.15) is 44.1 Å². The third-order valence-corrected chi connectivity index (χ3v) is 2.21. The molecule has 0 saturated carbocycles. The smallest absolute Gasteiger partial charge is 0.256 e. The van der Waals surface area contributed by atoms with Gasteiger partial charge in [0.15, 0.2) is 5.82 Å².